The van der Waals surface area contributed by atoms with Crippen molar-refractivity contribution in [3.05, 3.63) is 48.1 Å². The first-order valence-electron chi connectivity index (χ1n) is 7.46. The Kier molecular flexibility index (Phi) is 3.50. The average Bonchev–Trinajstić information content (AvgIpc) is 3.11. The van der Waals surface area contributed by atoms with E-state index < -0.39 is 10.0 Å². The lowest BCUT2D eigenvalue weighted by Crippen LogP contribution is -2.26. The Hall–Kier alpha value is -2.45. The highest BCUT2D eigenvalue weighted by Crippen LogP contribution is 2.42. The highest BCUT2D eigenvalue weighted by Gasteiger charge is 2.36. The maximum atomic E-state index is 12.9. The molecule has 24 heavy (non-hydrogen) atoms. The molecule has 0 saturated heterocycles. The molecule has 0 radical (unpaired) electrons. The minimum atomic E-state index is -3.62. The summed E-state index contributed by atoms with van der Waals surface area (Å²) in [7, 11) is -2.03. The van der Waals surface area contributed by atoms with Gasteiger partial charge in [0.25, 0.3) is 10.0 Å². The minimum absolute atomic E-state index is 0.0100. The Morgan fingerprint density at radius 1 is 1.21 bits per heavy atom. The summed E-state index contributed by atoms with van der Waals surface area (Å²) in [6, 6.07) is 10.8. The summed E-state index contributed by atoms with van der Waals surface area (Å²) in [5.41, 5.74) is 0.639. The molecule has 8 heteroatoms. The fourth-order valence-electron chi connectivity index (χ4n) is 2.90. The summed E-state index contributed by atoms with van der Waals surface area (Å²) in [5, 5.41) is 5.48. The van der Waals surface area contributed by atoms with E-state index in [0.717, 1.165) is 10.8 Å². The van der Waals surface area contributed by atoms with Gasteiger partial charge >= 0.3 is 0 Å². The number of nitrogens with zero attached hydrogens (tertiary/aromatic N) is 3. The molecular formula is C16H15N3O4S. The Morgan fingerprint density at radius 3 is 2.79 bits per heavy atom. The summed E-state index contributed by atoms with van der Waals surface area (Å²) >= 11 is 0. The quantitative estimate of drug-likeness (QED) is 0.704. The van der Waals surface area contributed by atoms with Gasteiger partial charge in [-0.3, -0.25) is 4.31 Å². The predicted octanol–water partition coefficient (Wildman–Crippen LogP) is 2.12. The van der Waals surface area contributed by atoms with Crippen LogP contribution in [0.3, 0.4) is 0 Å². The van der Waals surface area contributed by atoms with Crippen molar-refractivity contribution in [2.45, 2.75) is 17.9 Å². The van der Waals surface area contributed by atoms with E-state index in [-0.39, 0.29) is 12.4 Å². The van der Waals surface area contributed by atoms with Gasteiger partial charge in [-0.05, 0) is 17.5 Å². The monoisotopic (exact) mass is 345 g/mol. The van der Waals surface area contributed by atoms with Crippen LogP contribution >= 0.6 is 0 Å². The Labute approximate surface area is 138 Å². The Balaban J connectivity index is 1.72. The van der Waals surface area contributed by atoms with E-state index >= 15 is 0 Å². The van der Waals surface area contributed by atoms with Crippen LogP contribution in [0.4, 0.5) is 5.69 Å². The van der Waals surface area contributed by atoms with Gasteiger partial charge in [0, 0.05) is 18.9 Å². The lowest BCUT2D eigenvalue weighted by Gasteiger charge is -2.16. The van der Waals surface area contributed by atoms with Gasteiger partial charge in [0.1, 0.15) is 6.54 Å². The average molecular weight is 345 g/mol. The lowest BCUT2D eigenvalue weighted by atomic mass is 10.1. The smallest absolute Gasteiger partial charge is 0.265 e. The van der Waals surface area contributed by atoms with Crippen LogP contribution in [0, 0.1) is 0 Å². The molecule has 0 atom stereocenters. The number of benzene rings is 2. The number of hydrogen-bond donors (Lipinski definition) is 0. The van der Waals surface area contributed by atoms with Crippen molar-refractivity contribution in [1.82, 2.24) is 10.1 Å². The molecule has 1 aliphatic rings. The molecule has 2 heterocycles. The molecule has 4 rings (SSSR count). The second kappa shape index (κ2) is 5.57. The molecular weight excluding hydrogens is 330 g/mol. The second-order valence-corrected chi connectivity index (χ2v) is 7.32. The van der Waals surface area contributed by atoms with Gasteiger partial charge in [-0.25, -0.2) is 8.42 Å². The molecule has 1 aliphatic heterocycles. The summed E-state index contributed by atoms with van der Waals surface area (Å²) in [6.07, 6.45) is 0.516. The fraction of sp³-hybridized carbons (Fsp3) is 0.250. The van der Waals surface area contributed by atoms with Crippen LogP contribution < -0.4 is 4.31 Å². The molecule has 2 aromatic carbocycles. The van der Waals surface area contributed by atoms with Crippen molar-refractivity contribution in [2.75, 3.05) is 18.0 Å². The van der Waals surface area contributed by atoms with Crippen molar-refractivity contribution in [1.29, 1.82) is 0 Å². The van der Waals surface area contributed by atoms with E-state index in [4.69, 9.17) is 9.26 Å². The SMILES string of the molecule is COCCc1noc(CN2c3cccc4cccc(c34)S2(=O)=O)n1. The Bertz CT molecular complexity index is 1010. The number of anilines is 1. The zero-order chi connectivity index (χ0) is 16.7. The highest BCUT2D eigenvalue weighted by atomic mass is 32.2. The van der Waals surface area contributed by atoms with E-state index in [1.807, 2.05) is 18.2 Å². The number of sulfonamides is 1. The molecule has 3 aromatic rings. The van der Waals surface area contributed by atoms with Crippen molar-refractivity contribution in [3.8, 4) is 0 Å². The third-order valence-electron chi connectivity index (χ3n) is 4.00. The van der Waals surface area contributed by atoms with E-state index in [2.05, 4.69) is 10.1 Å². The van der Waals surface area contributed by atoms with Crippen molar-refractivity contribution < 1.29 is 17.7 Å². The van der Waals surface area contributed by atoms with Crippen LogP contribution in [0.5, 0.6) is 0 Å². The van der Waals surface area contributed by atoms with Gasteiger partial charge in [-0.15, -0.1) is 0 Å². The third-order valence-corrected chi connectivity index (χ3v) is 5.80. The number of ether oxygens (including phenoxy) is 1. The molecule has 0 unspecified atom stereocenters. The maximum absolute atomic E-state index is 12.9. The van der Waals surface area contributed by atoms with Crippen molar-refractivity contribution >= 4 is 26.5 Å². The summed E-state index contributed by atoms with van der Waals surface area (Å²) in [4.78, 5) is 4.55. The molecule has 0 spiro atoms. The number of hydrogen-bond acceptors (Lipinski definition) is 6. The van der Waals surface area contributed by atoms with Crippen LogP contribution in [0.1, 0.15) is 11.7 Å². The van der Waals surface area contributed by atoms with Gasteiger partial charge in [0.2, 0.25) is 5.89 Å². The van der Waals surface area contributed by atoms with Crippen LogP contribution in [-0.4, -0.2) is 32.3 Å². The van der Waals surface area contributed by atoms with Gasteiger partial charge in [-0.1, -0.05) is 29.4 Å². The zero-order valence-corrected chi connectivity index (χ0v) is 13.8. The van der Waals surface area contributed by atoms with Gasteiger partial charge < -0.3 is 9.26 Å². The van der Waals surface area contributed by atoms with Gasteiger partial charge in [-0.2, -0.15) is 4.98 Å². The molecule has 0 aliphatic carbocycles. The molecule has 0 fully saturated rings. The first-order chi connectivity index (χ1) is 11.6. The summed E-state index contributed by atoms with van der Waals surface area (Å²) in [5.74, 6) is 0.758. The van der Waals surface area contributed by atoms with Crippen LogP contribution in [-0.2, 0) is 27.7 Å². The molecule has 0 amide bonds. The molecule has 0 N–H and O–H groups in total. The molecule has 124 valence electrons. The van der Waals surface area contributed by atoms with Crippen molar-refractivity contribution in [2.24, 2.45) is 0 Å². The normalized spacial score (nSPS) is 15.3. The zero-order valence-electron chi connectivity index (χ0n) is 13.0. The number of aromatic nitrogens is 2. The molecule has 1 aromatic heterocycles. The van der Waals surface area contributed by atoms with E-state index in [1.54, 1.807) is 25.3 Å². The number of methoxy groups -OCH3 is 1. The van der Waals surface area contributed by atoms with Crippen LogP contribution in [0.2, 0.25) is 0 Å². The maximum Gasteiger partial charge on any atom is 0.265 e. The minimum Gasteiger partial charge on any atom is -0.384 e. The summed E-state index contributed by atoms with van der Waals surface area (Å²) < 4.78 is 37.2. The topological polar surface area (TPSA) is 85.5 Å². The van der Waals surface area contributed by atoms with Crippen molar-refractivity contribution in [3.63, 3.8) is 0 Å². The molecule has 0 saturated carbocycles. The predicted molar refractivity (Wildman–Crippen MR) is 87.2 cm³/mol. The molecule has 7 nitrogen and oxygen atoms in total. The van der Waals surface area contributed by atoms with E-state index in [9.17, 15) is 8.42 Å². The fourth-order valence-corrected chi connectivity index (χ4v) is 4.56. The highest BCUT2D eigenvalue weighted by molar-refractivity contribution is 7.93. The summed E-state index contributed by atoms with van der Waals surface area (Å²) in [6.45, 7) is 0.488. The first-order valence-corrected chi connectivity index (χ1v) is 8.90. The van der Waals surface area contributed by atoms with E-state index in [1.165, 1.54) is 4.31 Å². The lowest BCUT2D eigenvalue weighted by molar-refractivity contribution is 0.199. The van der Waals surface area contributed by atoms with Gasteiger partial charge in [0.05, 0.1) is 17.2 Å². The standard InChI is InChI=1S/C16H15N3O4S/c1-22-9-8-14-17-15(23-18-14)10-19-12-6-2-4-11-5-3-7-13(16(11)12)24(19,20)21/h2-7H,8-10H2,1H3. The van der Waals surface area contributed by atoms with Crippen LogP contribution in [0.25, 0.3) is 10.8 Å². The number of rotatable bonds is 5. The van der Waals surface area contributed by atoms with Gasteiger partial charge in [0.15, 0.2) is 5.82 Å². The largest absolute Gasteiger partial charge is 0.384 e. The van der Waals surface area contributed by atoms with Crippen LogP contribution in [0.15, 0.2) is 45.8 Å². The Morgan fingerprint density at radius 2 is 2.00 bits per heavy atom. The first kappa shape index (κ1) is 15.1. The third kappa shape index (κ3) is 2.26. The molecule has 0 bridgehead atoms. The second-order valence-electron chi connectivity index (χ2n) is 5.49. The van der Waals surface area contributed by atoms with E-state index in [0.29, 0.717) is 29.4 Å².